The zero-order valence-electron chi connectivity index (χ0n) is 13.3. The molecule has 0 atom stereocenters. The Balaban J connectivity index is 1.86. The molecule has 0 unspecified atom stereocenters. The highest BCUT2D eigenvalue weighted by molar-refractivity contribution is 7.14. The third kappa shape index (κ3) is 3.41. The summed E-state index contributed by atoms with van der Waals surface area (Å²) in [5, 5.41) is 5.80. The summed E-state index contributed by atoms with van der Waals surface area (Å²) in [5.41, 5.74) is 8.80. The van der Waals surface area contributed by atoms with Crippen molar-refractivity contribution in [3.05, 3.63) is 52.2 Å². The number of fused-ring (bicyclic) bond motifs is 1. The van der Waals surface area contributed by atoms with Gasteiger partial charge in [-0.3, -0.25) is 19.9 Å². The van der Waals surface area contributed by atoms with Gasteiger partial charge in [-0.05, 0) is 32.0 Å². The number of rotatable bonds is 4. The molecule has 0 fully saturated rings. The maximum atomic E-state index is 12.5. The zero-order chi connectivity index (χ0) is 17.3. The number of nitrogens with zero attached hydrogens (tertiary/aromatic N) is 2. The van der Waals surface area contributed by atoms with Crippen LogP contribution in [0.3, 0.4) is 0 Å². The molecule has 0 aliphatic carbocycles. The number of thiazole rings is 1. The van der Waals surface area contributed by atoms with Gasteiger partial charge >= 0.3 is 0 Å². The van der Waals surface area contributed by atoms with Gasteiger partial charge in [0.2, 0.25) is 5.91 Å². The summed E-state index contributed by atoms with van der Waals surface area (Å²) in [6.07, 6.45) is 0.0577. The molecule has 0 saturated heterocycles. The van der Waals surface area contributed by atoms with Gasteiger partial charge in [0.15, 0.2) is 5.13 Å². The minimum Gasteiger partial charge on any atom is -0.369 e. The van der Waals surface area contributed by atoms with E-state index in [4.69, 9.17) is 5.73 Å². The number of carbonyl (C=O) groups is 2. The average molecular weight is 340 g/mol. The van der Waals surface area contributed by atoms with E-state index in [0.29, 0.717) is 22.1 Å². The number of nitrogens with two attached hydrogens (primary N) is 1. The molecule has 6 nitrogen and oxygen atoms in total. The lowest BCUT2D eigenvalue weighted by Crippen LogP contribution is -2.15. The SMILES string of the molecule is Cc1ccc2nc(C)c(C(=O)Nc3nc(CC(N)=O)cs3)cc2c1. The summed E-state index contributed by atoms with van der Waals surface area (Å²) in [6.45, 7) is 3.80. The highest BCUT2D eigenvalue weighted by Crippen LogP contribution is 2.21. The first kappa shape index (κ1) is 16.1. The molecule has 3 N–H and O–H groups in total. The lowest BCUT2D eigenvalue weighted by molar-refractivity contribution is -0.117. The van der Waals surface area contributed by atoms with Crippen LogP contribution in [0.5, 0.6) is 0 Å². The van der Waals surface area contributed by atoms with Crippen LogP contribution in [0.25, 0.3) is 10.9 Å². The predicted molar refractivity (Wildman–Crippen MR) is 94.2 cm³/mol. The van der Waals surface area contributed by atoms with Crippen molar-refractivity contribution in [1.29, 1.82) is 0 Å². The van der Waals surface area contributed by atoms with Crippen LogP contribution in [0.15, 0.2) is 29.6 Å². The number of pyridine rings is 1. The van der Waals surface area contributed by atoms with Crippen LogP contribution in [-0.2, 0) is 11.2 Å². The fourth-order valence-corrected chi connectivity index (χ4v) is 3.12. The summed E-state index contributed by atoms with van der Waals surface area (Å²) in [5.74, 6) is -0.730. The number of primary amides is 1. The minimum absolute atomic E-state index is 0.0577. The first-order chi connectivity index (χ1) is 11.4. The van der Waals surface area contributed by atoms with E-state index in [2.05, 4.69) is 15.3 Å². The zero-order valence-corrected chi connectivity index (χ0v) is 14.1. The first-order valence-electron chi connectivity index (χ1n) is 7.34. The van der Waals surface area contributed by atoms with Gasteiger partial charge in [-0.25, -0.2) is 4.98 Å². The lowest BCUT2D eigenvalue weighted by atomic mass is 10.1. The molecule has 2 heterocycles. The molecule has 3 rings (SSSR count). The molecular formula is C17H16N4O2S. The van der Waals surface area contributed by atoms with Gasteiger partial charge in [-0.2, -0.15) is 0 Å². The van der Waals surface area contributed by atoms with Gasteiger partial charge < -0.3 is 5.73 Å². The molecule has 0 saturated carbocycles. The first-order valence-corrected chi connectivity index (χ1v) is 8.22. The van der Waals surface area contributed by atoms with Gasteiger partial charge in [0.1, 0.15) is 0 Å². The summed E-state index contributed by atoms with van der Waals surface area (Å²) in [7, 11) is 0. The van der Waals surface area contributed by atoms with Gasteiger partial charge in [0, 0.05) is 10.8 Å². The van der Waals surface area contributed by atoms with Crippen LogP contribution in [0.2, 0.25) is 0 Å². The van der Waals surface area contributed by atoms with E-state index in [0.717, 1.165) is 16.5 Å². The Morgan fingerprint density at radius 2 is 2.00 bits per heavy atom. The van der Waals surface area contributed by atoms with Crippen molar-refractivity contribution in [2.45, 2.75) is 20.3 Å². The van der Waals surface area contributed by atoms with Crippen molar-refractivity contribution in [2.24, 2.45) is 5.73 Å². The Morgan fingerprint density at radius 3 is 2.75 bits per heavy atom. The topological polar surface area (TPSA) is 98.0 Å². The summed E-state index contributed by atoms with van der Waals surface area (Å²) in [4.78, 5) is 32.1. The molecule has 122 valence electrons. The lowest BCUT2D eigenvalue weighted by Gasteiger charge is -2.07. The average Bonchev–Trinajstić information content (AvgIpc) is 2.93. The van der Waals surface area contributed by atoms with Crippen molar-refractivity contribution in [3.63, 3.8) is 0 Å². The molecule has 2 aromatic heterocycles. The quantitative estimate of drug-likeness (QED) is 0.762. The molecule has 3 aromatic rings. The van der Waals surface area contributed by atoms with E-state index in [9.17, 15) is 9.59 Å². The van der Waals surface area contributed by atoms with Crippen molar-refractivity contribution >= 4 is 39.2 Å². The van der Waals surface area contributed by atoms with E-state index < -0.39 is 5.91 Å². The summed E-state index contributed by atoms with van der Waals surface area (Å²) < 4.78 is 0. The molecule has 0 radical (unpaired) electrons. The van der Waals surface area contributed by atoms with Crippen molar-refractivity contribution in [2.75, 3.05) is 5.32 Å². The van der Waals surface area contributed by atoms with Crippen molar-refractivity contribution in [3.8, 4) is 0 Å². The highest BCUT2D eigenvalue weighted by atomic mass is 32.1. The predicted octanol–water partition coefficient (Wildman–Crippen LogP) is 2.59. The second kappa shape index (κ2) is 6.37. The number of nitrogens with one attached hydrogen (secondary N) is 1. The highest BCUT2D eigenvalue weighted by Gasteiger charge is 2.14. The van der Waals surface area contributed by atoms with Crippen LogP contribution in [0.1, 0.15) is 27.3 Å². The van der Waals surface area contributed by atoms with Crippen LogP contribution < -0.4 is 11.1 Å². The van der Waals surface area contributed by atoms with Crippen LogP contribution in [-0.4, -0.2) is 21.8 Å². The Labute approximate surface area is 142 Å². The molecule has 0 bridgehead atoms. The largest absolute Gasteiger partial charge is 0.369 e. The number of hydrogen-bond donors (Lipinski definition) is 2. The Bertz CT molecular complexity index is 949. The Morgan fingerprint density at radius 1 is 1.21 bits per heavy atom. The van der Waals surface area contributed by atoms with E-state index in [1.54, 1.807) is 12.3 Å². The van der Waals surface area contributed by atoms with Crippen LogP contribution >= 0.6 is 11.3 Å². The summed E-state index contributed by atoms with van der Waals surface area (Å²) in [6, 6.07) is 7.76. The Hall–Kier alpha value is -2.80. The third-order valence-corrected chi connectivity index (χ3v) is 4.34. The van der Waals surface area contributed by atoms with Gasteiger partial charge in [0.05, 0.1) is 28.9 Å². The number of hydrogen-bond acceptors (Lipinski definition) is 5. The maximum Gasteiger partial charge on any atom is 0.259 e. The molecule has 24 heavy (non-hydrogen) atoms. The number of amides is 2. The number of aryl methyl sites for hydroxylation is 2. The van der Waals surface area contributed by atoms with E-state index >= 15 is 0 Å². The molecule has 0 aliphatic rings. The molecule has 1 aromatic carbocycles. The van der Waals surface area contributed by atoms with E-state index in [1.807, 2.05) is 31.2 Å². The smallest absolute Gasteiger partial charge is 0.259 e. The van der Waals surface area contributed by atoms with Gasteiger partial charge in [-0.1, -0.05) is 11.6 Å². The van der Waals surface area contributed by atoms with Crippen LogP contribution in [0.4, 0.5) is 5.13 Å². The van der Waals surface area contributed by atoms with E-state index in [1.165, 1.54) is 11.3 Å². The molecule has 0 aliphatic heterocycles. The molecule has 2 amide bonds. The minimum atomic E-state index is -0.455. The third-order valence-electron chi connectivity index (χ3n) is 3.53. The molecule has 7 heteroatoms. The molecular weight excluding hydrogens is 324 g/mol. The van der Waals surface area contributed by atoms with Crippen molar-refractivity contribution < 1.29 is 9.59 Å². The van der Waals surface area contributed by atoms with Gasteiger partial charge in [0.25, 0.3) is 5.91 Å². The fraction of sp³-hybridized carbons (Fsp3) is 0.176. The standard InChI is InChI=1S/C17H16N4O2S/c1-9-3-4-14-11(5-9)6-13(10(2)19-14)16(23)21-17-20-12(8-24-17)7-15(18)22/h3-6,8H,7H2,1-2H3,(H2,18,22)(H,20,21,23). The number of aromatic nitrogens is 2. The Kier molecular flexibility index (Phi) is 4.26. The fourth-order valence-electron chi connectivity index (χ4n) is 2.41. The maximum absolute atomic E-state index is 12.5. The van der Waals surface area contributed by atoms with E-state index in [-0.39, 0.29) is 12.3 Å². The van der Waals surface area contributed by atoms with Gasteiger partial charge in [-0.15, -0.1) is 11.3 Å². The number of carbonyl (C=O) groups excluding carboxylic acids is 2. The number of benzene rings is 1. The number of anilines is 1. The second-order valence-corrected chi connectivity index (χ2v) is 6.42. The second-order valence-electron chi connectivity index (χ2n) is 5.56. The van der Waals surface area contributed by atoms with Crippen LogP contribution in [0, 0.1) is 13.8 Å². The monoisotopic (exact) mass is 340 g/mol. The van der Waals surface area contributed by atoms with Crippen molar-refractivity contribution in [1.82, 2.24) is 9.97 Å². The summed E-state index contributed by atoms with van der Waals surface area (Å²) >= 11 is 1.26. The normalized spacial score (nSPS) is 10.8. The molecule has 0 spiro atoms.